The fourth-order valence-electron chi connectivity index (χ4n) is 3.07. The number of carbonyl (C=O) groups is 2. The van der Waals surface area contributed by atoms with Crippen LogP contribution in [-0.4, -0.2) is 34.8 Å². The molecule has 0 saturated carbocycles. The number of hydrogen-bond donors (Lipinski definition) is 1. The molecule has 3 rings (SSSR count). The number of aromatic nitrogens is 1. The first-order chi connectivity index (χ1) is 12.1. The Balaban J connectivity index is 1.72. The molecule has 1 aromatic heterocycles. The molecule has 1 aliphatic heterocycles. The van der Waals surface area contributed by atoms with Crippen molar-refractivity contribution in [2.75, 3.05) is 18.4 Å². The summed E-state index contributed by atoms with van der Waals surface area (Å²) in [6, 6.07) is 1.96. The van der Waals surface area contributed by atoms with Gasteiger partial charge in [-0.05, 0) is 18.9 Å². The smallest absolute Gasteiger partial charge is 0.231 e. The van der Waals surface area contributed by atoms with Crippen LogP contribution in [0.1, 0.15) is 33.6 Å². The van der Waals surface area contributed by atoms with Crippen LogP contribution in [0.4, 0.5) is 13.9 Å². The lowest BCUT2D eigenvalue weighted by molar-refractivity contribution is -0.142. The summed E-state index contributed by atoms with van der Waals surface area (Å²) in [5, 5.41) is 2.92. The van der Waals surface area contributed by atoms with Crippen LogP contribution < -0.4 is 5.32 Å². The van der Waals surface area contributed by atoms with E-state index in [1.54, 1.807) is 4.90 Å². The van der Waals surface area contributed by atoms with Crippen molar-refractivity contribution in [3.8, 4) is 0 Å². The number of halogens is 2. The SMILES string of the molecule is CC(C)(C)C(=O)N1CCCC(C(=O)Nc2nc3c(F)cc(F)cc3s2)C1. The van der Waals surface area contributed by atoms with Crippen LogP contribution in [0.25, 0.3) is 10.2 Å². The van der Waals surface area contributed by atoms with E-state index in [1.807, 2.05) is 20.8 Å². The molecule has 26 heavy (non-hydrogen) atoms. The van der Waals surface area contributed by atoms with Gasteiger partial charge in [0.05, 0.1) is 10.6 Å². The molecular weight excluding hydrogens is 360 g/mol. The van der Waals surface area contributed by atoms with E-state index in [-0.39, 0.29) is 28.4 Å². The summed E-state index contributed by atoms with van der Waals surface area (Å²) in [5.74, 6) is -2.01. The molecule has 2 aromatic rings. The van der Waals surface area contributed by atoms with Crippen LogP contribution in [0.5, 0.6) is 0 Å². The van der Waals surface area contributed by atoms with Gasteiger partial charge < -0.3 is 10.2 Å². The highest BCUT2D eigenvalue weighted by Crippen LogP contribution is 2.30. The number of carbonyl (C=O) groups excluding carboxylic acids is 2. The van der Waals surface area contributed by atoms with Gasteiger partial charge in [-0.2, -0.15) is 0 Å². The Kier molecular flexibility index (Phi) is 4.96. The van der Waals surface area contributed by atoms with Crippen LogP contribution in [0.15, 0.2) is 12.1 Å². The van der Waals surface area contributed by atoms with Gasteiger partial charge in [0, 0.05) is 24.6 Å². The second kappa shape index (κ2) is 6.90. The topological polar surface area (TPSA) is 62.3 Å². The van der Waals surface area contributed by atoms with Crippen molar-refractivity contribution in [1.29, 1.82) is 0 Å². The molecule has 0 aliphatic carbocycles. The summed E-state index contributed by atoms with van der Waals surface area (Å²) in [6.07, 6.45) is 1.42. The quantitative estimate of drug-likeness (QED) is 0.861. The lowest BCUT2D eigenvalue weighted by Gasteiger charge is -2.35. The highest BCUT2D eigenvalue weighted by molar-refractivity contribution is 7.22. The van der Waals surface area contributed by atoms with E-state index >= 15 is 0 Å². The van der Waals surface area contributed by atoms with E-state index in [1.165, 1.54) is 6.07 Å². The molecule has 0 bridgehead atoms. The van der Waals surface area contributed by atoms with Crippen molar-refractivity contribution in [2.24, 2.45) is 11.3 Å². The third kappa shape index (κ3) is 3.85. The molecule has 0 spiro atoms. The van der Waals surface area contributed by atoms with Crippen molar-refractivity contribution in [2.45, 2.75) is 33.6 Å². The van der Waals surface area contributed by atoms with Crippen molar-refractivity contribution < 1.29 is 18.4 Å². The molecule has 5 nitrogen and oxygen atoms in total. The number of thiazole rings is 1. The van der Waals surface area contributed by atoms with Crippen LogP contribution in [-0.2, 0) is 9.59 Å². The van der Waals surface area contributed by atoms with E-state index < -0.39 is 17.0 Å². The first-order valence-electron chi connectivity index (χ1n) is 8.51. The number of benzene rings is 1. The number of fused-ring (bicyclic) bond motifs is 1. The second-order valence-electron chi connectivity index (χ2n) is 7.58. The zero-order valence-electron chi connectivity index (χ0n) is 14.9. The standard InChI is InChI=1S/C18H21F2N3O2S/c1-18(2,3)16(25)23-6-4-5-10(9-23)15(24)22-17-21-14-12(20)7-11(19)8-13(14)26-17/h7-8,10H,4-6,9H2,1-3H3,(H,21,22,24). The van der Waals surface area contributed by atoms with E-state index in [2.05, 4.69) is 10.3 Å². The summed E-state index contributed by atoms with van der Waals surface area (Å²) < 4.78 is 27.4. The molecule has 0 radical (unpaired) electrons. The molecule has 1 unspecified atom stereocenters. The number of nitrogens with one attached hydrogen (secondary N) is 1. The number of piperidine rings is 1. The first kappa shape index (κ1) is 18.7. The second-order valence-corrected chi connectivity index (χ2v) is 8.61. The Labute approximate surface area is 154 Å². The Morgan fingerprint density at radius 1 is 1.31 bits per heavy atom. The van der Waals surface area contributed by atoms with Gasteiger partial charge in [-0.15, -0.1) is 0 Å². The average Bonchev–Trinajstić information content (AvgIpc) is 2.96. The predicted octanol–water partition coefficient (Wildman–Crippen LogP) is 3.80. The molecule has 1 saturated heterocycles. The van der Waals surface area contributed by atoms with Crippen LogP contribution >= 0.6 is 11.3 Å². The van der Waals surface area contributed by atoms with Crippen molar-refractivity contribution in [1.82, 2.24) is 9.88 Å². The van der Waals surface area contributed by atoms with Gasteiger partial charge in [0.15, 0.2) is 10.9 Å². The molecule has 2 heterocycles. The van der Waals surface area contributed by atoms with Gasteiger partial charge >= 0.3 is 0 Å². The third-order valence-corrected chi connectivity index (χ3v) is 5.28. The Morgan fingerprint density at radius 2 is 2.04 bits per heavy atom. The number of likely N-dealkylation sites (tertiary alicyclic amines) is 1. The lowest BCUT2D eigenvalue weighted by atomic mass is 9.91. The number of hydrogen-bond acceptors (Lipinski definition) is 4. The Morgan fingerprint density at radius 3 is 2.73 bits per heavy atom. The van der Waals surface area contributed by atoms with Gasteiger partial charge in [0.2, 0.25) is 11.8 Å². The maximum absolute atomic E-state index is 13.8. The predicted molar refractivity (Wildman–Crippen MR) is 96.9 cm³/mol. The van der Waals surface area contributed by atoms with Gasteiger partial charge in [-0.25, -0.2) is 13.8 Å². The number of nitrogens with zero attached hydrogens (tertiary/aromatic N) is 2. The lowest BCUT2D eigenvalue weighted by Crippen LogP contribution is -2.47. The van der Waals surface area contributed by atoms with E-state index in [4.69, 9.17) is 0 Å². The zero-order chi connectivity index (χ0) is 19.1. The fraction of sp³-hybridized carbons (Fsp3) is 0.500. The summed E-state index contributed by atoms with van der Waals surface area (Å²) in [4.78, 5) is 30.8. The summed E-state index contributed by atoms with van der Waals surface area (Å²) in [6.45, 7) is 6.57. The molecule has 1 atom stereocenters. The van der Waals surface area contributed by atoms with Crippen LogP contribution in [0, 0.1) is 23.0 Å². The number of anilines is 1. The van der Waals surface area contributed by atoms with Crippen molar-refractivity contribution in [3.63, 3.8) is 0 Å². The largest absolute Gasteiger partial charge is 0.341 e. The molecule has 1 aromatic carbocycles. The minimum atomic E-state index is -0.753. The van der Waals surface area contributed by atoms with E-state index in [0.717, 1.165) is 23.8 Å². The maximum Gasteiger partial charge on any atom is 0.231 e. The number of amides is 2. The van der Waals surface area contributed by atoms with Gasteiger partial charge in [-0.3, -0.25) is 9.59 Å². The Bertz CT molecular complexity index is 860. The monoisotopic (exact) mass is 381 g/mol. The minimum Gasteiger partial charge on any atom is -0.341 e. The van der Waals surface area contributed by atoms with Gasteiger partial charge in [0.1, 0.15) is 11.3 Å². The molecule has 1 N–H and O–H groups in total. The maximum atomic E-state index is 13.8. The first-order valence-corrected chi connectivity index (χ1v) is 9.32. The van der Waals surface area contributed by atoms with E-state index in [0.29, 0.717) is 24.2 Å². The molecule has 8 heteroatoms. The summed E-state index contributed by atoms with van der Waals surface area (Å²) >= 11 is 1.03. The molecule has 140 valence electrons. The third-order valence-electron chi connectivity index (χ3n) is 4.36. The molecule has 1 aliphatic rings. The van der Waals surface area contributed by atoms with Crippen LogP contribution in [0.3, 0.4) is 0 Å². The zero-order valence-corrected chi connectivity index (χ0v) is 15.8. The highest BCUT2D eigenvalue weighted by atomic mass is 32.1. The number of rotatable bonds is 2. The Hall–Kier alpha value is -2.09. The van der Waals surface area contributed by atoms with E-state index in [9.17, 15) is 18.4 Å². The van der Waals surface area contributed by atoms with Gasteiger partial charge in [-0.1, -0.05) is 32.1 Å². The highest BCUT2D eigenvalue weighted by Gasteiger charge is 2.33. The van der Waals surface area contributed by atoms with Crippen LogP contribution in [0.2, 0.25) is 0 Å². The minimum absolute atomic E-state index is 0.0209. The summed E-state index contributed by atoms with van der Waals surface area (Å²) in [7, 11) is 0. The normalized spacial score (nSPS) is 18.2. The summed E-state index contributed by atoms with van der Waals surface area (Å²) in [5.41, 5.74) is -0.452. The molecule has 2 amide bonds. The van der Waals surface area contributed by atoms with Gasteiger partial charge in [0.25, 0.3) is 0 Å². The fourth-order valence-corrected chi connectivity index (χ4v) is 3.98. The van der Waals surface area contributed by atoms with Crippen molar-refractivity contribution in [3.05, 3.63) is 23.8 Å². The average molecular weight is 381 g/mol. The van der Waals surface area contributed by atoms with Crippen molar-refractivity contribution >= 4 is 38.5 Å². The molecule has 1 fully saturated rings. The molecular formula is C18H21F2N3O2S.